The van der Waals surface area contributed by atoms with Crippen molar-refractivity contribution in [1.82, 2.24) is 5.32 Å². The van der Waals surface area contributed by atoms with Crippen LogP contribution in [-0.4, -0.2) is 23.6 Å². The van der Waals surface area contributed by atoms with Crippen LogP contribution in [0, 0.1) is 0 Å². The minimum Gasteiger partial charge on any atom is -0.481 e. The molecule has 4 rings (SSSR count). The number of fused-ring (bicyclic) bond motifs is 1. The minimum absolute atomic E-state index is 0.0878. The van der Waals surface area contributed by atoms with Gasteiger partial charge < -0.3 is 15.2 Å². The molecule has 1 saturated carbocycles. The Bertz CT molecular complexity index is 1060. The number of hydrogen-bond acceptors (Lipinski definition) is 3. The molecule has 1 amide bonds. The van der Waals surface area contributed by atoms with Crippen molar-refractivity contribution in [2.24, 2.45) is 0 Å². The third-order valence-corrected chi connectivity index (χ3v) is 5.93. The number of carboxylic acids is 1. The van der Waals surface area contributed by atoms with Crippen molar-refractivity contribution in [3.05, 3.63) is 77.9 Å². The number of aliphatic carboxylic acids is 1. The molecule has 1 fully saturated rings. The number of ether oxygens (including phenoxy) is 1. The summed E-state index contributed by atoms with van der Waals surface area (Å²) in [5, 5.41) is 13.8. The summed E-state index contributed by atoms with van der Waals surface area (Å²) in [6.07, 6.45) is 3.89. The number of amides is 1. The summed E-state index contributed by atoms with van der Waals surface area (Å²) in [5.74, 6) is -0.380. The van der Waals surface area contributed by atoms with Crippen LogP contribution in [0.5, 0.6) is 5.75 Å². The number of carboxylic acid groups (broad SMARTS) is 1. The smallest absolute Gasteiger partial charge is 0.341 e. The molecule has 0 unspecified atom stereocenters. The maximum atomic E-state index is 13.2. The van der Waals surface area contributed by atoms with Gasteiger partial charge in [0.15, 0.2) is 6.61 Å². The first-order valence-corrected chi connectivity index (χ1v) is 10.3. The number of benzene rings is 3. The molecule has 2 N–H and O–H groups in total. The average Bonchev–Trinajstić information content (AvgIpc) is 3.27. The van der Waals surface area contributed by atoms with Gasteiger partial charge in [-0.1, -0.05) is 67.4 Å². The molecule has 1 aliphatic rings. The van der Waals surface area contributed by atoms with Gasteiger partial charge >= 0.3 is 5.97 Å². The molecule has 0 heterocycles. The highest BCUT2D eigenvalue weighted by Gasteiger charge is 2.42. The fourth-order valence-corrected chi connectivity index (χ4v) is 4.41. The highest BCUT2D eigenvalue weighted by molar-refractivity contribution is 5.90. The first-order chi connectivity index (χ1) is 14.6. The second kappa shape index (κ2) is 8.57. The second-order valence-corrected chi connectivity index (χ2v) is 7.83. The molecular formula is C25H25NO4. The van der Waals surface area contributed by atoms with Crippen LogP contribution in [-0.2, 0) is 21.5 Å². The van der Waals surface area contributed by atoms with Crippen LogP contribution in [0.4, 0.5) is 0 Å². The molecule has 5 heteroatoms. The number of hydrogen-bond donors (Lipinski definition) is 2. The van der Waals surface area contributed by atoms with Crippen molar-refractivity contribution in [3.63, 3.8) is 0 Å². The standard InChI is InChI=1S/C25H25NO4/c27-23(28)17-30-22-10-6-7-19-15-18(11-12-21(19)22)16-26-24(29)25(13-4-5-14-25)20-8-2-1-3-9-20/h1-3,6-12,15H,4-5,13-14,16-17H2,(H,26,29)(H,27,28). The van der Waals surface area contributed by atoms with Crippen molar-refractivity contribution in [3.8, 4) is 5.75 Å². The number of carbonyl (C=O) groups is 2. The summed E-state index contributed by atoms with van der Waals surface area (Å²) < 4.78 is 5.38. The van der Waals surface area contributed by atoms with Crippen molar-refractivity contribution in [1.29, 1.82) is 0 Å². The van der Waals surface area contributed by atoms with Crippen molar-refractivity contribution in [2.75, 3.05) is 6.61 Å². The maximum absolute atomic E-state index is 13.2. The minimum atomic E-state index is -1.01. The summed E-state index contributed by atoms with van der Waals surface area (Å²) >= 11 is 0. The molecule has 0 radical (unpaired) electrons. The molecule has 0 bridgehead atoms. The topological polar surface area (TPSA) is 75.6 Å². The molecule has 0 spiro atoms. The van der Waals surface area contributed by atoms with E-state index in [1.807, 2.05) is 48.5 Å². The van der Waals surface area contributed by atoms with Gasteiger partial charge in [0.1, 0.15) is 5.75 Å². The molecule has 5 nitrogen and oxygen atoms in total. The van der Waals surface area contributed by atoms with E-state index < -0.39 is 11.4 Å². The van der Waals surface area contributed by atoms with Gasteiger partial charge in [0.25, 0.3) is 0 Å². The van der Waals surface area contributed by atoms with E-state index in [-0.39, 0.29) is 12.5 Å². The Labute approximate surface area is 175 Å². The summed E-state index contributed by atoms with van der Waals surface area (Å²) in [6.45, 7) is 0.0715. The summed E-state index contributed by atoms with van der Waals surface area (Å²) in [6, 6.07) is 21.5. The van der Waals surface area contributed by atoms with Crippen molar-refractivity contribution in [2.45, 2.75) is 37.6 Å². The third kappa shape index (κ3) is 4.01. The van der Waals surface area contributed by atoms with Crippen LogP contribution in [0.15, 0.2) is 66.7 Å². The molecule has 0 aromatic heterocycles. The number of carbonyl (C=O) groups excluding carboxylic acids is 1. The van der Waals surface area contributed by atoms with Gasteiger partial charge in [0.05, 0.1) is 5.41 Å². The lowest BCUT2D eigenvalue weighted by molar-refractivity contribution is -0.139. The van der Waals surface area contributed by atoms with E-state index in [1.165, 1.54) is 0 Å². The summed E-state index contributed by atoms with van der Waals surface area (Å²) in [5.41, 5.74) is 1.65. The van der Waals surface area contributed by atoms with E-state index in [1.54, 1.807) is 6.07 Å². The fraction of sp³-hybridized carbons (Fsp3) is 0.280. The zero-order chi connectivity index (χ0) is 21.0. The van der Waals surface area contributed by atoms with Crippen LogP contribution < -0.4 is 10.1 Å². The maximum Gasteiger partial charge on any atom is 0.341 e. The van der Waals surface area contributed by atoms with E-state index in [0.717, 1.165) is 47.6 Å². The largest absolute Gasteiger partial charge is 0.481 e. The molecule has 154 valence electrons. The van der Waals surface area contributed by atoms with Crippen LogP contribution in [0.1, 0.15) is 36.8 Å². The molecule has 0 atom stereocenters. The van der Waals surface area contributed by atoms with Crippen LogP contribution in [0.25, 0.3) is 10.8 Å². The summed E-state index contributed by atoms with van der Waals surface area (Å²) in [7, 11) is 0. The Kier molecular flexibility index (Phi) is 5.70. The predicted octanol–water partition coefficient (Wildman–Crippen LogP) is 4.43. The van der Waals surface area contributed by atoms with Crippen LogP contribution >= 0.6 is 0 Å². The average molecular weight is 403 g/mol. The predicted molar refractivity (Wildman–Crippen MR) is 116 cm³/mol. The Morgan fingerprint density at radius 3 is 2.47 bits per heavy atom. The first kappa shape index (κ1) is 20.0. The Hall–Kier alpha value is -3.34. The summed E-state index contributed by atoms with van der Waals surface area (Å²) in [4.78, 5) is 24.0. The Morgan fingerprint density at radius 2 is 1.73 bits per heavy atom. The van der Waals surface area contributed by atoms with E-state index in [0.29, 0.717) is 12.3 Å². The van der Waals surface area contributed by atoms with Gasteiger partial charge in [-0.2, -0.15) is 0 Å². The lowest BCUT2D eigenvalue weighted by Gasteiger charge is -2.28. The van der Waals surface area contributed by atoms with E-state index in [2.05, 4.69) is 17.4 Å². The molecule has 0 aliphatic heterocycles. The number of nitrogens with one attached hydrogen (secondary N) is 1. The van der Waals surface area contributed by atoms with Crippen LogP contribution in [0.3, 0.4) is 0 Å². The lowest BCUT2D eigenvalue weighted by atomic mass is 9.78. The molecule has 3 aromatic carbocycles. The van der Waals surface area contributed by atoms with Gasteiger partial charge in [0.2, 0.25) is 5.91 Å². The van der Waals surface area contributed by atoms with E-state index in [9.17, 15) is 9.59 Å². The van der Waals surface area contributed by atoms with Crippen LogP contribution in [0.2, 0.25) is 0 Å². The third-order valence-electron chi connectivity index (χ3n) is 5.93. The second-order valence-electron chi connectivity index (χ2n) is 7.83. The zero-order valence-corrected chi connectivity index (χ0v) is 16.8. The number of rotatable bonds is 7. The monoisotopic (exact) mass is 403 g/mol. The normalized spacial score (nSPS) is 15.1. The molecule has 0 saturated heterocycles. The van der Waals surface area contributed by atoms with Gasteiger partial charge in [0, 0.05) is 11.9 Å². The van der Waals surface area contributed by atoms with Crippen molar-refractivity contribution >= 4 is 22.6 Å². The zero-order valence-electron chi connectivity index (χ0n) is 16.8. The Balaban J connectivity index is 1.50. The lowest BCUT2D eigenvalue weighted by Crippen LogP contribution is -2.42. The van der Waals surface area contributed by atoms with E-state index in [4.69, 9.17) is 9.84 Å². The van der Waals surface area contributed by atoms with E-state index >= 15 is 0 Å². The molecule has 1 aliphatic carbocycles. The van der Waals surface area contributed by atoms with Gasteiger partial charge in [-0.15, -0.1) is 0 Å². The highest BCUT2D eigenvalue weighted by atomic mass is 16.5. The molecule has 30 heavy (non-hydrogen) atoms. The van der Waals surface area contributed by atoms with Gasteiger partial charge in [-0.05, 0) is 41.5 Å². The highest BCUT2D eigenvalue weighted by Crippen LogP contribution is 2.41. The van der Waals surface area contributed by atoms with Crippen molar-refractivity contribution < 1.29 is 19.4 Å². The SMILES string of the molecule is O=C(O)COc1cccc2cc(CNC(=O)C3(c4ccccc4)CCCC3)ccc12. The quantitative estimate of drug-likeness (QED) is 0.612. The Morgan fingerprint density at radius 1 is 0.967 bits per heavy atom. The van der Waals surface area contributed by atoms with Gasteiger partial charge in [-0.25, -0.2) is 4.79 Å². The molecule has 3 aromatic rings. The molecular weight excluding hydrogens is 378 g/mol. The fourth-order valence-electron chi connectivity index (χ4n) is 4.41. The van der Waals surface area contributed by atoms with Gasteiger partial charge in [-0.3, -0.25) is 4.79 Å². The first-order valence-electron chi connectivity index (χ1n) is 10.3.